The number of ketones is 1. The molecular formula is C27H29N3O6. The van der Waals surface area contributed by atoms with E-state index in [9.17, 15) is 14.7 Å². The number of carbonyl (C=O) groups excluding carboxylic acids is 2. The zero-order chi connectivity index (χ0) is 25.7. The smallest absolute Gasteiger partial charge is 0.295 e. The SMILES string of the molecule is CCOc1ccc(C2/C(=C(\O)c3ccc(OC)cc3)C(=O)C(=O)N2CCCn2ccnc2)cc1OC. The minimum Gasteiger partial charge on any atom is -0.507 e. The first-order valence-electron chi connectivity index (χ1n) is 11.7. The third kappa shape index (κ3) is 4.91. The van der Waals surface area contributed by atoms with E-state index in [2.05, 4.69) is 4.98 Å². The molecule has 0 bridgehead atoms. The van der Waals surface area contributed by atoms with Crippen molar-refractivity contribution in [3.8, 4) is 17.2 Å². The van der Waals surface area contributed by atoms with E-state index in [0.29, 0.717) is 54.5 Å². The Morgan fingerprint density at radius 3 is 2.44 bits per heavy atom. The third-order valence-corrected chi connectivity index (χ3v) is 6.08. The van der Waals surface area contributed by atoms with Crippen molar-refractivity contribution >= 4 is 17.4 Å². The van der Waals surface area contributed by atoms with Gasteiger partial charge < -0.3 is 28.8 Å². The Morgan fingerprint density at radius 1 is 1.03 bits per heavy atom. The average Bonchev–Trinajstić information content (AvgIpc) is 3.51. The second kappa shape index (κ2) is 11.0. The Labute approximate surface area is 209 Å². The highest BCUT2D eigenvalue weighted by molar-refractivity contribution is 6.46. The van der Waals surface area contributed by atoms with Crippen LogP contribution in [0.25, 0.3) is 5.76 Å². The van der Waals surface area contributed by atoms with E-state index < -0.39 is 17.7 Å². The molecule has 1 saturated heterocycles. The van der Waals surface area contributed by atoms with Crippen LogP contribution in [0.2, 0.25) is 0 Å². The number of carbonyl (C=O) groups is 2. The summed E-state index contributed by atoms with van der Waals surface area (Å²) in [5.74, 6) is 0.00127. The summed E-state index contributed by atoms with van der Waals surface area (Å²) >= 11 is 0. The highest BCUT2D eigenvalue weighted by Crippen LogP contribution is 2.42. The van der Waals surface area contributed by atoms with Gasteiger partial charge in [-0.05, 0) is 55.3 Å². The van der Waals surface area contributed by atoms with E-state index in [1.807, 2.05) is 17.7 Å². The summed E-state index contributed by atoms with van der Waals surface area (Å²) in [6.07, 6.45) is 5.82. The molecule has 0 spiro atoms. The van der Waals surface area contributed by atoms with Crippen molar-refractivity contribution in [3.63, 3.8) is 0 Å². The number of ether oxygens (including phenoxy) is 3. The molecule has 1 aliphatic rings. The van der Waals surface area contributed by atoms with Crippen LogP contribution in [-0.4, -0.2) is 58.6 Å². The van der Waals surface area contributed by atoms with Gasteiger partial charge in [0.05, 0.1) is 38.8 Å². The fourth-order valence-electron chi connectivity index (χ4n) is 4.33. The zero-order valence-electron chi connectivity index (χ0n) is 20.5. The predicted octanol–water partition coefficient (Wildman–Crippen LogP) is 3.81. The van der Waals surface area contributed by atoms with Crippen LogP contribution in [-0.2, 0) is 16.1 Å². The minimum absolute atomic E-state index is 0.0269. The average molecular weight is 492 g/mol. The van der Waals surface area contributed by atoms with Gasteiger partial charge in [0.1, 0.15) is 11.5 Å². The van der Waals surface area contributed by atoms with Gasteiger partial charge in [0.25, 0.3) is 11.7 Å². The lowest BCUT2D eigenvalue weighted by molar-refractivity contribution is -0.139. The first-order valence-corrected chi connectivity index (χ1v) is 11.7. The topological polar surface area (TPSA) is 103 Å². The zero-order valence-corrected chi connectivity index (χ0v) is 20.5. The highest BCUT2D eigenvalue weighted by Gasteiger charge is 2.46. The first kappa shape index (κ1) is 24.8. The maximum atomic E-state index is 13.2. The molecule has 3 aromatic rings. The van der Waals surface area contributed by atoms with Gasteiger partial charge in [-0.25, -0.2) is 4.98 Å². The lowest BCUT2D eigenvalue weighted by atomic mass is 9.95. The molecule has 2 aromatic carbocycles. The van der Waals surface area contributed by atoms with Gasteiger partial charge >= 0.3 is 0 Å². The minimum atomic E-state index is -0.792. The second-order valence-corrected chi connectivity index (χ2v) is 8.22. The van der Waals surface area contributed by atoms with Crippen LogP contribution in [0.4, 0.5) is 0 Å². The fraction of sp³-hybridized carbons (Fsp3) is 0.296. The molecule has 1 unspecified atom stereocenters. The summed E-state index contributed by atoms with van der Waals surface area (Å²) in [5.41, 5.74) is 1.07. The van der Waals surface area contributed by atoms with E-state index in [1.54, 1.807) is 62.1 Å². The van der Waals surface area contributed by atoms with E-state index >= 15 is 0 Å². The normalized spacial score (nSPS) is 16.9. The van der Waals surface area contributed by atoms with E-state index in [-0.39, 0.29) is 11.3 Å². The second-order valence-electron chi connectivity index (χ2n) is 8.22. The lowest BCUT2D eigenvalue weighted by Crippen LogP contribution is -2.31. The van der Waals surface area contributed by atoms with Crippen LogP contribution in [0.15, 0.2) is 66.8 Å². The Kier molecular flexibility index (Phi) is 7.58. The molecule has 1 atom stereocenters. The number of likely N-dealkylation sites (tertiary alicyclic amines) is 1. The summed E-state index contributed by atoms with van der Waals surface area (Å²) in [4.78, 5) is 32.0. The molecule has 0 saturated carbocycles. The number of methoxy groups -OCH3 is 2. The van der Waals surface area contributed by atoms with Gasteiger partial charge in [-0.3, -0.25) is 9.59 Å². The number of aliphatic hydroxyl groups is 1. The number of benzene rings is 2. The summed E-state index contributed by atoms with van der Waals surface area (Å²) < 4.78 is 18.2. The Morgan fingerprint density at radius 2 is 1.81 bits per heavy atom. The molecule has 0 radical (unpaired) electrons. The third-order valence-electron chi connectivity index (χ3n) is 6.08. The van der Waals surface area contributed by atoms with Crippen molar-refractivity contribution in [3.05, 3.63) is 77.9 Å². The Balaban J connectivity index is 1.76. The van der Waals surface area contributed by atoms with Crippen molar-refractivity contribution in [2.75, 3.05) is 27.4 Å². The maximum absolute atomic E-state index is 13.2. The molecule has 1 aliphatic heterocycles. The number of aromatic nitrogens is 2. The molecule has 188 valence electrons. The number of hydrogen-bond donors (Lipinski definition) is 1. The van der Waals surface area contributed by atoms with Crippen molar-refractivity contribution in [1.82, 2.24) is 14.5 Å². The summed E-state index contributed by atoms with van der Waals surface area (Å²) in [6, 6.07) is 11.2. The Hall–Kier alpha value is -4.27. The number of aliphatic hydroxyl groups excluding tert-OH is 1. The largest absolute Gasteiger partial charge is 0.507 e. The summed E-state index contributed by atoms with van der Waals surface area (Å²) in [5, 5.41) is 11.2. The maximum Gasteiger partial charge on any atom is 0.295 e. The number of nitrogens with zero attached hydrogens (tertiary/aromatic N) is 3. The van der Waals surface area contributed by atoms with Crippen molar-refractivity contribution < 1.29 is 28.9 Å². The van der Waals surface area contributed by atoms with Crippen LogP contribution < -0.4 is 14.2 Å². The quantitative estimate of drug-likeness (QED) is 0.261. The summed E-state index contributed by atoms with van der Waals surface area (Å²) in [6.45, 7) is 3.26. The van der Waals surface area contributed by atoms with Gasteiger partial charge in [-0.15, -0.1) is 0 Å². The van der Waals surface area contributed by atoms with E-state index in [4.69, 9.17) is 14.2 Å². The number of Topliss-reactive ketones (excluding diaryl/α,β-unsaturated/α-hetero) is 1. The van der Waals surface area contributed by atoms with E-state index in [1.165, 1.54) is 12.0 Å². The number of aryl methyl sites for hydroxylation is 1. The number of rotatable bonds is 10. The fourth-order valence-corrected chi connectivity index (χ4v) is 4.33. The molecule has 9 heteroatoms. The van der Waals surface area contributed by atoms with Crippen LogP contribution in [0.3, 0.4) is 0 Å². The predicted molar refractivity (Wildman–Crippen MR) is 133 cm³/mol. The Bertz CT molecular complexity index is 1250. The van der Waals surface area contributed by atoms with Crippen LogP contribution in [0, 0.1) is 0 Å². The monoisotopic (exact) mass is 491 g/mol. The van der Waals surface area contributed by atoms with E-state index in [0.717, 1.165) is 0 Å². The molecule has 36 heavy (non-hydrogen) atoms. The molecule has 1 fully saturated rings. The lowest BCUT2D eigenvalue weighted by Gasteiger charge is -2.26. The standard InChI is InChI=1S/C27H29N3O6/c1-4-36-21-11-8-19(16-22(21)35-3)24-23(25(31)18-6-9-20(34-2)10-7-18)26(32)27(33)30(24)14-5-13-29-15-12-28-17-29/h6-12,15-17,24,31H,4-5,13-14H2,1-3H3/b25-23+. The van der Waals surface area contributed by atoms with Gasteiger partial charge in [0.2, 0.25) is 0 Å². The van der Waals surface area contributed by atoms with Crippen LogP contribution in [0.1, 0.15) is 30.5 Å². The highest BCUT2D eigenvalue weighted by atomic mass is 16.5. The van der Waals surface area contributed by atoms with Crippen LogP contribution >= 0.6 is 0 Å². The number of imidazole rings is 1. The molecule has 1 aromatic heterocycles. The van der Waals surface area contributed by atoms with Crippen LogP contribution in [0.5, 0.6) is 17.2 Å². The van der Waals surface area contributed by atoms with Gasteiger partial charge in [0.15, 0.2) is 11.5 Å². The number of hydrogen-bond acceptors (Lipinski definition) is 7. The molecule has 2 heterocycles. The summed E-state index contributed by atoms with van der Waals surface area (Å²) in [7, 11) is 3.07. The molecule has 1 amide bonds. The molecule has 9 nitrogen and oxygen atoms in total. The van der Waals surface area contributed by atoms with Gasteiger partial charge in [-0.2, -0.15) is 0 Å². The molecular weight excluding hydrogens is 462 g/mol. The number of amides is 1. The van der Waals surface area contributed by atoms with Gasteiger partial charge in [-0.1, -0.05) is 6.07 Å². The van der Waals surface area contributed by atoms with Gasteiger partial charge in [0, 0.05) is 31.0 Å². The first-order chi connectivity index (χ1) is 17.5. The van der Waals surface area contributed by atoms with Crippen molar-refractivity contribution in [2.24, 2.45) is 0 Å². The molecule has 4 rings (SSSR count). The van der Waals surface area contributed by atoms with Crippen molar-refractivity contribution in [1.29, 1.82) is 0 Å². The molecule has 1 N–H and O–H groups in total. The molecule has 0 aliphatic carbocycles. The van der Waals surface area contributed by atoms with Crippen molar-refractivity contribution in [2.45, 2.75) is 25.9 Å².